The monoisotopic (exact) mass is 253 g/mol. The van der Waals surface area contributed by atoms with Gasteiger partial charge in [-0.05, 0) is 18.2 Å². The zero-order valence-corrected chi connectivity index (χ0v) is 9.47. The van der Waals surface area contributed by atoms with Crippen LogP contribution in [0.2, 0.25) is 0 Å². The van der Waals surface area contributed by atoms with Crippen molar-refractivity contribution in [2.24, 2.45) is 0 Å². The fraction of sp³-hybridized carbons (Fsp3) is 0.182. The average Bonchev–Trinajstić information content (AvgIpc) is 2.28. The third kappa shape index (κ3) is 3.56. The number of anilines is 1. The van der Waals surface area contributed by atoms with Crippen LogP contribution in [0.3, 0.4) is 0 Å². The molecular formula is C11H11NO6. The highest BCUT2D eigenvalue weighted by Gasteiger charge is 2.12. The maximum Gasteiger partial charge on any atom is 0.335 e. The van der Waals surface area contributed by atoms with E-state index in [2.05, 4.69) is 10.1 Å². The third-order valence-corrected chi connectivity index (χ3v) is 1.99. The summed E-state index contributed by atoms with van der Waals surface area (Å²) in [6.45, 7) is -0.209. The summed E-state index contributed by atoms with van der Waals surface area (Å²) in [6.07, 6.45) is 0. The van der Waals surface area contributed by atoms with Crippen LogP contribution in [0.4, 0.5) is 5.69 Å². The zero-order valence-electron chi connectivity index (χ0n) is 9.47. The van der Waals surface area contributed by atoms with Gasteiger partial charge in [0.1, 0.15) is 6.61 Å². The van der Waals surface area contributed by atoms with E-state index in [4.69, 9.17) is 10.2 Å². The average molecular weight is 253 g/mol. The normalized spacial score (nSPS) is 9.83. The lowest BCUT2D eigenvalue weighted by Crippen LogP contribution is -2.18. The van der Waals surface area contributed by atoms with Gasteiger partial charge < -0.3 is 20.3 Å². The van der Waals surface area contributed by atoms with Gasteiger partial charge in [0.25, 0.3) is 0 Å². The molecule has 0 heterocycles. The van der Waals surface area contributed by atoms with Gasteiger partial charge in [0.15, 0.2) is 0 Å². The summed E-state index contributed by atoms with van der Waals surface area (Å²) in [4.78, 5) is 32.9. The minimum Gasteiger partial charge on any atom is -0.478 e. The van der Waals surface area contributed by atoms with E-state index >= 15 is 0 Å². The Labute approximate surface area is 102 Å². The van der Waals surface area contributed by atoms with Crippen molar-refractivity contribution in [1.82, 2.24) is 0 Å². The van der Waals surface area contributed by atoms with Crippen LogP contribution in [-0.2, 0) is 9.53 Å². The highest BCUT2D eigenvalue weighted by molar-refractivity contribution is 5.98. The molecule has 96 valence electrons. The number of rotatable bonds is 5. The van der Waals surface area contributed by atoms with Gasteiger partial charge in [0, 0.05) is 12.8 Å². The van der Waals surface area contributed by atoms with Crippen LogP contribution >= 0.6 is 0 Å². The Hall–Kier alpha value is -2.41. The maximum absolute atomic E-state index is 11.2. The lowest BCUT2D eigenvalue weighted by molar-refractivity contribution is -0.119. The Balaban J connectivity index is 3.07. The van der Waals surface area contributed by atoms with Crippen molar-refractivity contribution in [1.29, 1.82) is 0 Å². The number of hydrogen-bond donors (Lipinski definition) is 3. The fourth-order valence-corrected chi connectivity index (χ4v) is 1.27. The maximum atomic E-state index is 11.2. The fourth-order valence-electron chi connectivity index (χ4n) is 1.27. The van der Waals surface area contributed by atoms with Crippen molar-refractivity contribution in [3.05, 3.63) is 29.3 Å². The SMILES string of the molecule is COCC(=O)Nc1cc(C(=O)O)cc(C(=O)O)c1. The molecule has 7 heteroatoms. The van der Waals surface area contributed by atoms with Gasteiger partial charge in [-0.3, -0.25) is 4.79 Å². The van der Waals surface area contributed by atoms with Crippen LogP contribution in [0.1, 0.15) is 20.7 Å². The summed E-state index contributed by atoms with van der Waals surface area (Å²) in [5.74, 6) is -3.06. The standard InChI is InChI=1S/C11H11NO6/c1-18-5-9(13)12-8-3-6(10(14)15)2-7(4-8)11(16)17/h2-4H,5H2,1H3,(H,12,13)(H,14,15)(H,16,17). The predicted molar refractivity (Wildman–Crippen MR) is 60.9 cm³/mol. The molecule has 0 spiro atoms. The first-order valence-corrected chi connectivity index (χ1v) is 4.84. The molecule has 1 rings (SSSR count). The van der Waals surface area contributed by atoms with E-state index in [1.54, 1.807) is 0 Å². The molecule has 0 aliphatic rings. The number of amides is 1. The van der Waals surface area contributed by atoms with Crippen molar-refractivity contribution in [2.45, 2.75) is 0 Å². The smallest absolute Gasteiger partial charge is 0.335 e. The van der Waals surface area contributed by atoms with E-state index in [0.717, 1.165) is 6.07 Å². The molecule has 0 unspecified atom stereocenters. The van der Waals surface area contributed by atoms with E-state index < -0.39 is 17.8 Å². The third-order valence-electron chi connectivity index (χ3n) is 1.99. The molecule has 0 aliphatic carbocycles. The topological polar surface area (TPSA) is 113 Å². The molecule has 0 saturated heterocycles. The quantitative estimate of drug-likeness (QED) is 0.710. The first-order chi connectivity index (χ1) is 8.43. The second-order valence-corrected chi connectivity index (χ2v) is 3.39. The number of carboxylic acid groups (broad SMARTS) is 2. The van der Waals surface area contributed by atoms with Crippen LogP contribution in [0.15, 0.2) is 18.2 Å². The molecular weight excluding hydrogens is 242 g/mol. The Bertz CT molecular complexity index is 464. The van der Waals surface area contributed by atoms with Gasteiger partial charge in [0.05, 0.1) is 11.1 Å². The first-order valence-electron chi connectivity index (χ1n) is 4.84. The summed E-state index contributed by atoms with van der Waals surface area (Å²) in [6, 6.07) is 3.35. The molecule has 0 aliphatic heterocycles. The summed E-state index contributed by atoms with van der Waals surface area (Å²) in [5.41, 5.74) is -0.348. The van der Waals surface area contributed by atoms with Crippen LogP contribution in [-0.4, -0.2) is 41.8 Å². The first kappa shape index (κ1) is 13.7. The number of aromatic carboxylic acids is 2. The Morgan fingerprint density at radius 1 is 1.11 bits per heavy atom. The van der Waals surface area contributed by atoms with E-state index in [1.807, 2.05) is 0 Å². The van der Waals surface area contributed by atoms with Crippen LogP contribution in [0.25, 0.3) is 0 Å². The minimum atomic E-state index is -1.28. The molecule has 1 amide bonds. The van der Waals surface area contributed by atoms with Crippen LogP contribution in [0, 0.1) is 0 Å². The van der Waals surface area contributed by atoms with Gasteiger partial charge in [-0.2, -0.15) is 0 Å². The van der Waals surface area contributed by atoms with Crippen molar-refractivity contribution in [3.8, 4) is 0 Å². The largest absolute Gasteiger partial charge is 0.478 e. The molecule has 1 aromatic rings. The molecule has 1 aromatic carbocycles. The molecule has 3 N–H and O–H groups in total. The molecule has 18 heavy (non-hydrogen) atoms. The summed E-state index contributed by atoms with van der Waals surface area (Å²) in [5, 5.41) is 20.0. The number of carboxylic acids is 2. The predicted octanol–water partition coefficient (Wildman–Crippen LogP) is 0.668. The number of hydrogen-bond acceptors (Lipinski definition) is 4. The number of benzene rings is 1. The molecule has 7 nitrogen and oxygen atoms in total. The van der Waals surface area contributed by atoms with E-state index in [0.29, 0.717) is 0 Å². The molecule has 0 aromatic heterocycles. The number of carbonyl (C=O) groups is 3. The highest BCUT2D eigenvalue weighted by Crippen LogP contribution is 2.15. The van der Waals surface area contributed by atoms with Crippen LogP contribution < -0.4 is 5.32 Å². The molecule has 0 saturated carbocycles. The van der Waals surface area contributed by atoms with E-state index in [1.165, 1.54) is 19.2 Å². The number of ether oxygens (including phenoxy) is 1. The molecule has 0 atom stereocenters. The van der Waals surface area contributed by atoms with E-state index in [-0.39, 0.29) is 23.4 Å². The second kappa shape index (κ2) is 5.78. The Kier molecular flexibility index (Phi) is 4.39. The Morgan fingerprint density at radius 2 is 1.61 bits per heavy atom. The van der Waals surface area contributed by atoms with Gasteiger partial charge in [-0.1, -0.05) is 0 Å². The number of nitrogens with one attached hydrogen (secondary N) is 1. The van der Waals surface area contributed by atoms with Crippen LogP contribution in [0.5, 0.6) is 0 Å². The summed E-state index contributed by atoms with van der Waals surface area (Å²) < 4.78 is 4.59. The Morgan fingerprint density at radius 3 is 2.00 bits per heavy atom. The van der Waals surface area contributed by atoms with Crippen molar-refractivity contribution in [2.75, 3.05) is 19.0 Å². The van der Waals surface area contributed by atoms with Crippen molar-refractivity contribution < 1.29 is 29.3 Å². The zero-order chi connectivity index (χ0) is 13.7. The summed E-state index contributed by atoms with van der Waals surface area (Å²) in [7, 11) is 1.33. The second-order valence-electron chi connectivity index (χ2n) is 3.39. The lowest BCUT2D eigenvalue weighted by atomic mass is 10.1. The van der Waals surface area contributed by atoms with Gasteiger partial charge >= 0.3 is 11.9 Å². The van der Waals surface area contributed by atoms with Crippen molar-refractivity contribution in [3.63, 3.8) is 0 Å². The minimum absolute atomic E-state index is 0.0920. The van der Waals surface area contributed by atoms with Gasteiger partial charge in [-0.25, -0.2) is 9.59 Å². The lowest BCUT2D eigenvalue weighted by Gasteiger charge is -2.07. The van der Waals surface area contributed by atoms with Gasteiger partial charge in [-0.15, -0.1) is 0 Å². The highest BCUT2D eigenvalue weighted by atomic mass is 16.5. The van der Waals surface area contributed by atoms with E-state index in [9.17, 15) is 14.4 Å². The molecule has 0 radical (unpaired) electrons. The summed E-state index contributed by atoms with van der Waals surface area (Å²) >= 11 is 0. The molecule has 0 bridgehead atoms. The number of carbonyl (C=O) groups excluding carboxylic acids is 1. The number of methoxy groups -OCH3 is 1. The molecule has 0 fully saturated rings. The van der Waals surface area contributed by atoms with Crippen molar-refractivity contribution >= 4 is 23.5 Å². The van der Waals surface area contributed by atoms with Gasteiger partial charge in [0.2, 0.25) is 5.91 Å².